The van der Waals surface area contributed by atoms with Gasteiger partial charge in [-0.2, -0.15) is 0 Å². The molecule has 0 saturated heterocycles. The second-order valence-corrected chi connectivity index (χ2v) is 11.5. The molecule has 0 N–H and O–H groups in total. The van der Waals surface area contributed by atoms with Gasteiger partial charge < -0.3 is 4.42 Å². The highest BCUT2D eigenvalue weighted by molar-refractivity contribution is 6.22. The smallest absolute Gasteiger partial charge is 0.136 e. The number of furan rings is 1. The Bertz CT molecular complexity index is 3750. The van der Waals surface area contributed by atoms with Crippen molar-refractivity contribution in [2.45, 2.75) is 0 Å². The van der Waals surface area contributed by atoms with Crippen molar-refractivity contribution >= 4 is 54.3 Å². The third kappa shape index (κ3) is 4.40. The number of fused-ring (bicyclic) bond motifs is 6. The number of hydrogen-bond acceptors (Lipinski definition) is 1. The Hall–Kier alpha value is -6.44. The fourth-order valence-electron chi connectivity index (χ4n) is 6.78. The summed E-state index contributed by atoms with van der Waals surface area (Å²) < 4.78 is 160. The average molecular weight is 640 g/mol. The maximum absolute atomic E-state index is 10.0. The van der Waals surface area contributed by atoms with Gasteiger partial charge in [0.05, 0.1) is 23.3 Å². The van der Waals surface area contributed by atoms with E-state index < -0.39 is 147 Å². The zero-order chi connectivity index (χ0) is 47.1. The van der Waals surface area contributed by atoms with Gasteiger partial charge in [0, 0.05) is 10.8 Å². The second-order valence-electron chi connectivity index (χ2n) is 11.5. The minimum absolute atomic E-state index is 0.190. The van der Waals surface area contributed by atoms with Crippen LogP contribution in [0.2, 0.25) is 0 Å². The van der Waals surface area contributed by atoms with E-state index >= 15 is 0 Å². The highest BCUT2D eigenvalue weighted by Crippen LogP contribution is 2.46. The molecular weight excluding hydrogens is 593 g/mol. The molecule has 0 radical (unpaired) electrons. The summed E-state index contributed by atoms with van der Waals surface area (Å²) in [6.07, 6.45) is 0. The largest absolute Gasteiger partial charge is 0.456 e. The van der Waals surface area contributed by atoms with Crippen LogP contribution in [-0.4, -0.2) is 0 Å². The lowest BCUT2D eigenvalue weighted by atomic mass is 9.85. The van der Waals surface area contributed by atoms with E-state index in [1.54, 1.807) is 24.3 Å². The standard InChI is InChI=1S/C48H30O/c1-2-14-32(15-3-1)45-39-19-6-8-21-41(39)46(42-22-9-7-20-40(42)45)36-18-10-17-34(30-36)37-23-11-25-43-47(37)48-38(24-12-26-44(48)49-43)35-28-27-31-13-4-5-16-33(31)29-35/h1-30H/i1D,2D,3D,6D,7D,8D,9D,10D,14D,15D,17D,18D,19D,20D,21D,22D,30D. The Labute approximate surface area is 308 Å². The first-order chi connectivity index (χ1) is 31.4. The Kier molecular flexibility index (Phi) is 3.54. The lowest BCUT2D eigenvalue weighted by Crippen LogP contribution is -1.91. The monoisotopic (exact) mass is 639 g/mol. The van der Waals surface area contributed by atoms with Gasteiger partial charge in [-0.1, -0.05) is 157 Å². The van der Waals surface area contributed by atoms with Crippen molar-refractivity contribution < 1.29 is 27.7 Å². The van der Waals surface area contributed by atoms with Crippen molar-refractivity contribution in [2.75, 3.05) is 0 Å². The van der Waals surface area contributed by atoms with E-state index in [4.69, 9.17) is 16.8 Å². The Morgan fingerprint density at radius 3 is 1.57 bits per heavy atom. The molecule has 49 heavy (non-hydrogen) atoms. The minimum atomic E-state index is -0.825. The summed E-state index contributed by atoms with van der Waals surface area (Å²) in [7, 11) is 0. The van der Waals surface area contributed by atoms with Crippen molar-refractivity contribution in [2.24, 2.45) is 0 Å². The zero-order valence-electron chi connectivity index (χ0n) is 42.4. The maximum Gasteiger partial charge on any atom is 0.136 e. The summed E-state index contributed by atoms with van der Waals surface area (Å²) in [4.78, 5) is 0. The summed E-state index contributed by atoms with van der Waals surface area (Å²) in [6, 6.07) is 11.1. The van der Waals surface area contributed by atoms with Crippen LogP contribution < -0.4 is 0 Å². The molecule has 0 aliphatic carbocycles. The fraction of sp³-hybridized carbons (Fsp3) is 0. The molecule has 0 unspecified atom stereocenters. The Balaban J connectivity index is 1.42. The molecule has 1 heterocycles. The van der Waals surface area contributed by atoms with Gasteiger partial charge in [-0.15, -0.1) is 0 Å². The van der Waals surface area contributed by atoms with Gasteiger partial charge in [0.2, 0.25) is 0 Å². The highest BCUT2D eigenvalue weighted by Gasteiger charge is 2.19. The SMILES string of the molecule is [2H]c1c([2H])c([2H])c(-c2c3c([2H])c([2H])c([2H])c([2H])c3c(-c3c([2H])c([2H])c([2H])c(-c4cccc5oc6cccc(-c7ccc8ccccc8c7)c6c45)c3[2H])c3c([2H])c([2H])c([2H])c([2H])c23)c([2H])c1[2H]. The average Bonchev–Trinajstić information content (AvgIpc) is 3.71. The summed E-state index contributed by atoms with van der Waals surface area (Å²) in [5.41, 5.74) is 0.343. The van der Waals surface area contributed by atoms with Gasteiger partial charge in [0.1, 0.15) is 11.2 Å². The van der Waals surface area contributed by atoms with Gasteiger partial charge in [-0.3, -0.25) is 0 Å². The van der Waals surface area contributed by atoms with Crippen LogP contribution in [0.25, 0.3) is 98.8 Å². The molecule has 0 aliphatic rings. The molecule has 0 aliphatic heterocycles. The van der Waals surface area contributed by atoms with Crippen molar-refractivity contribution in [3.63, 3.8) is 0 Å². The minimum Gasteiger partial charge on any atom is -0.456 e. The quantitative estimate of drug-likeness (QED) is 0.175. The maximum atomic E-state index is 10.0. The van der Waals surface area contributed by atoms with Crippen molar-refractivity contribution in [1.82, 2.24) is 0 Å². The summed E-state index contributed by atoms with van der Waals surface area (Å²) in [5, 5.41) is 1.02. The van der Waals surface area contributed by atoms with E-state index in [9.17, 15) is 11.0 Å². The molecular formula is C48H30O. The molecule has 0 atom stereocenters. The van der Waals surface area contributed by atoms with Crippen molar-refractivity contribution in [3.8, 4) is 44.5 Å². The van der Waals surface area contributed by atoms with Crippen LogP contribution in [0.3, 0.4) is 0 Å². The molecule has 228 valence electrons. The van der Waals surface area contributed by atoms with Gasteiger partial charge in [0.15, 0.2) is 0 Å². The Morgan fingerprint density at radius 1 is 0.388 bits per heavy atom. The van der Waals surface area contributed by atoms with Crippen LogP contribution in [-0.2, 0) is 0 Å². The lowest BCUT2D eigenvalue weighted by Gasteiger charge is -2.18. The van der Waals surface area contributed by atoms with E-state index in [2.05, 4.69) is 0 Å². The lowest BCUT2D eigenvalue weighted by molar-refractivity contribution is 0.669. The molecule has 0 spiro atoms. The summed E-state index contributed by atoms with van der Waals surface area (Å²) in [5.74, 6) is 0. The van der Waals surface area contributed by atoms with Crippen molar-refractivity contribution in [3.05, 3.63) is 182 Å². The molecule has 1 nitrogen and oxygen atoms in total. The molecule has 0 amide bonds. The number of benzene rings is 9. The van der Waals surface area contributed by atoms with E-state index in [1.807, 2.05) is 54.6 Å². The third-order valence-electron chi connectivity index (χ3n) is 8.85. The van der Waals surface area contributed by atoms with Crippen molar-refractivity contribution in [1.29, 1.82) is 0 Å². The first kappa shape index (κ1) is 15.6. The van der Waals surface area contributed by atoms with E-state index in [-0.39, 0.29) is 11.1 Å². The normalized spacial score (nSPS) is 16.5. The predicted octanol–water partition coefficient (Wildman–Crippen LogP) is 13.7. The predicted molar refractivity (Wildman–Crippen MR) is 208 cm³/mol. The van der Waals surface area contributed by atoms with Gasteiger partial charge in [-0.05, 0) is 101 Å². The molecule has 10 aromatic rings. The van der Waals surface area contributed by atoms with Crippen LogP contribution in [0, 0.1) is 0 Å². The fourth-order valence-corrected chi connectivity index (χ4v) is 6.78. The van der Waals surface area contributed by atoms with E-state index in [1.165, 1.54) is 0 Å². The zero-order valence-corrected chi connectivity index (χ0v) is 25.4. The van der Waals surface area contributed by atoms with Crippen LogP contribution in [0.4, 0.5) is 0 Å². The van der Waals surface area contributed by atoms with Crippen LogP contribution in [0.15, 0.2) is 186 Å². The topological polar surface area (TPSA) is 13.1 Å². The van der Waals surface area contributed by atoms with E-state index in [0.717, 1.165) is 21.9 Å². The first-order valence-corrected chi connectivity index (χ1v) is 15.5. The third-order valence-corrected chi connectivity index (χ3v) is 8.85. The second kappa shape index (κ2) is 11.1. The first-order valence-electron chi connectivity index (χ1n) is 24.0. The van der Waals surface area contributed by atoms with Gasteiger partial charge >= 0.3 is 0 Å². The van der Waals surface area contributed by atoms with Gasteiger partial charge in [0.25, 0.3) is 0 Å². The molecule has 9 aromatic carbocycles. The molecule has 10 rings (SSSR count). The number of hydrogen-bond donors (Lipinski definition) is 0. The molecule has 1 heteroatoms. The highest BCUT2D eigenvalue weighted by atomic mass is 16.3. The van der Waals surface area contributed by atoms with Crippen LogP contribution >= 0.6 is 0 Å². The molecule has 1 aromatic heterocycles. The Morgan fingerprint density at radius 2 is 0.918 bits per heavy atom. The molecule has 0 saturated carbocycles. The van der Waals surface area contributed by atoms with Gasteiger partial charge in [-0.25, -0.2) is 0 Å². The van der Waals surface area contributed by atoms with E-state index in [0.29, 0.717) is 21.9 Å². The van der Waals surface area contributed by atoms with Crippen LogP contribution in [0.1, 0.15) is 23.3 Å². The summed E-state index contributed by atoms with van der Waals surface area (Å²) >= 11 is 0. The number of rotatable bonds is 4. The molecule has 0 fully saturated rings. The molecule has 0 bridgehead atoms. The van der Waals surface area contributed by atoms with Crippen LogP contribution in [0.5, 0.6) is 0 Å². The summed E-state index contributed by atoms with van der Waals surface area (Å²) in [6.45, 7) is 0.